The predicted octanol–water partition coefficient (Wildman–Crippen LogP) is 2.48. The van der Waals surface area contributed by atoms with E-state index in [2.05, 4.69) is 0 Å². The highest BCUT2D eigenvalue weighted by molar-refractivity contribution is 6.17. The van der Waals surface area contributed by atoms with Crippen LogP contribution in [-0.4, -0.2) is 47.8 Å². The Morgan fingerprint density at radius 3 is 2.00 bits per heavy atom. The summed E-state index contributed by atoms with van der Waals surface area (Å²) in [7, 11) is 4.79. The van der Waals surface area contributed by atoms with Crippen LogP contribution in [0, 0.1) is 0 Å². The molecule has 5 nitrogen and oxygen atoms in total. The Bertz CT molecular complexity index is 372. The average Bonchev–Trinajstić information content (AvgIpc) is 2.50. The number of alkyl halides is 1. The Balaban J connectivity index is 2.63. The fraction of sp³-hybridized carbons (Fsp3) is 0.571. The lowest BCUT2D eigenvalue weighted by molar-refractivity contribution is 0.0535. The summed E-state index contributed by atoms with van der Waals surface area (Å²) in [6.45, 7) is 1.97. The standard InChI is InChI=1S/C14H21ClO5/c1-16-4-5-19-6-7-20-14-12(17-2)8-11(10-15)9-13(14)18-3/h8-9H,4-7,10H2,1-3H3. The van der Waals surface area contributed by atoms with Gasteiger partial charge in [0, 0.05) is 13.0 Å². The van der Waals surface area contributed by atoms with E-state index in [1.54, 1.807) is 21.3 Å². The smallest absolute Gasteiger partial charge is 0.203 e. The van der Waals surface area contributed by atoms with E-state index in [9.17, 15) is 0 Å². The molecule has 0 amide bonds. The fourth-order valence-corrected chi connectivity index (χ4v) is 1.75. The van der Waals surface area contributed by atoms with Gasteiger partial charge in [0.25, 0.3) is 0 Å². The van der Waals surface area contributed by atoms with Crippen LogP contribution in [0.3, 0.4) is 0 Å². The molecule has 1 rings (SSSR count). The molecule has 0 aliphatic heterocycles. The first-order valence-corrected chi connectivity index (χ1v) is 6.80. The first-order chi connectivity index (χ1) is 9.76. The average molecular weight is 305 g/mol. The van der Waals surface area contributed by atoms with Gasteiger partial charge < -0.3 is 23.7 Å². The number of halogens is 1. The summed E-state index contributed by atoms with van der Waals surface area (Å²) in [5.74, 6) is 2.13. The van der Waals surface area contributed by atoms with Gasteiger partial charge in [0.2, 0.25) is 5.75 Å². The van der Waals surface area contributed by atoms with Crippen LogP contribution in [0.1, 0.15) is 5.56 Å². The predicted molar refractivity (Wildman–Crippen MR) is 77.3 cm³/mol. The van der Waals surface area contributed by atoms with Crippen molar-refractivity contribution < 1.29 is 23.7 Å². The number of ether oxygens (including phenoxy) is 5. The summed E-state index contributed by atoms with van der Waals surface area (Å²) in [6.07, 6.45) is 0. The van der Waals surface area contributed by atoms with Crippen molar-refractivity contribution in [3.8, 4) is 17.2 Å². The maximum Gasteiger partial charge on any atom is 0.203 e. The Morgan fingerprint density at radius 2 is 1.50 bits per heavy atom. The molecule has 0 radical (unpaired) electrons. The zero-order valence-electron chi connectivity index (χ0n) is 12.1. The third-order valence-corrected chi connectivity index (χ3v) is 2.89. The van der Waals surface area contributed by atoms with E-state index >= 15 is 0 Å². The molecule has 20 heavy (non-hydrogen) atoms. The molecule has 6 heteroatoms. The lowest BCUT2D eigenvalue weighted by Gasteiger charge is -2.15. The van der Waals surface area contributed by atoms with Crippen molar-refractivity contribution in [1.29, 1.82) is 0 Å². The quantitative estimate of drug-likeness (QED) is 0.491. The van der Waals surface area contributed by atoms with Crippen LogP contribution in [0.4, 0.5) is 0 Å². The van der Waals surface area contributed by atoms with Crippen molar-refractivity contribution in [1.82, 2.24) is 0 Å². The number of hydrogen-bond donors (Lipinski definition) is 0. The van der Waals surface area contributed by atoms with Gasteiger partial charge in [-0.3, -0.25) is 0 Å². The fourth-order valence-electron chi connectivity index (χ4n) is 1.60. The zero-order valence-corrected chi connectivity index (χ0v) is 12.9. The van der Waals surface area contributed by atoms with Crippen molar-refractivity contribution in [3.63, 3.8) is 0 Å². The zero-order chi connectivity index (χ0) is 14.8. The largest absolute Gasteiger partial charge is 0.493 e. The van der Waals surface area contributed by atoms with Crippen molar-refractivity contribution >= 4 is 11.6 Å². The molecule has 0 saturated heterocycles. The van der Waals surface area contributed by atoms with E-state index < -0.39 is 0 Å². The lowest BCUT2D eigenvalue weighted by atomic mass is 10.2. The molecule has 0 N–H and O–H groups in total. The summed E-state index contributed by atoms with van der Waals surface area (Å²) >= 11 is 5.83. The minimum Gasteiger partial charge on any atom is -0.493 e. The lowest BCUT2D eigenvalue weighted by Crippen LogP contribution is -2.11. The number of rotatable bonds is 10. The molecule has 114 valence electrons. The van der Waals surface area contributed by atoms with E-state index in [0.717, 1.165) is 5.56 Å². The Labute approximate surface area is 124 Å². The molecule has 0 atom stereocenters. The molecular formula is C14H21ClO5. The van der Waals surface area contributed by atoms with Crippen molar-refractivity contribution in [3.05, 3.63) is 17.7 Å². The maximum absolute atomic E-state index is 5.83. The molecule has 0 aromatic heterocycles. The highest BCUT2D eigenvalue weighted by Crippen LogP contribution is 2.38. The molecule has 0 aliphatic carbocycles. The highest BCUT2D eigenvalue weighted by Gasteiger charge is 2.13. The van der Waals surface area contributed by atoms with E-state index in [-0.39, 0.29) is 0 Å². The third-order valence-electron chi connectivity index (χ3n) is 2.58. The van der Waals surface area contributed by atoms with Gasteiger partial charge in [-0.1, -0.05) is 0 Å². The summed E-state index contributed by atoms with van der Waals surface area (Å²) in [6, 6.07) is 3.66. The van der Waals surface area contributed by atoms with Gasteiger partial charge in [0.05, 0.1) is 34.0 Å². The first-order valence-electron chi connectivity index (χ1n) is 6.27. The van der Waals surface area contributed by atoms with Crippen LogP contribution < -0.4 is 14.2 Å². The van der Waals surface area contributed by atoms with Crippen LogP contribution in [0.5, 0.6) is 17.2 Å². The van der Waals surface area contributed by atoms with E-state index in [0.29, 0.717) is 49.6 Å². The number of hydrogen-bond acceptors (Lipinski definition) is 5. The monoisotopic (exact) mass is 304 g/mol. The van der Waals surface area contributed by atoms with Crippen LogP contribution >= 0.6 is 11.6 Å². The SMILES string of the molecule is COCCOCCOc1c(OC)cc(CCl)cc1OC. The van der Waals surface area contributed by atoms with E-state index in [4.69, 9.17) is 35.3 Å². The maximum atomic E-state index is 5.83. The summed E-state index contributed by atoms with van der Waals surface area (Å²) in [4.78, 5) is 0. The Kier molecular flexibility index (Phi) is 8.18. The first kappa shape index (κ1) is 16.9. The molecular weight excluding hydrogens is 284 g/mol. The normalized spacial score (nSPS) is 10.4. The second kappa shape index (κ2) is 9.69. The summed E-state index contributed by atoms with van der Waals surface area (Å²) in [5.41, 5.74) is 0.907. The molecule has 0 bridgehead atoms. The Morgan fingerprint density at radius 1 is 0.900 bits per heavy atom. The van der Waals surface area contributed by atoms with Gasteiger partial charge in [0.1, 0.15) is 6.61 Å². The topological polar surface area (TPSA) is 46.2 Å². The minimum absolute atomic E-state index is 0.382. The van der Waals surface area contributed by atoms with Gasteiger partial charge in [-0.25, -0.2) is 0 Å². The molecule has 1 aromatic carbocycles. The van der Waals surface area contributed by atoms with Crippen LogP contribution in [0.25, 0.3) is 0 Å². The second-order valence-corrected chi connectivity index (χ2v) is 4.18. The third kappa shape index (κ3) is 5.07. The van der Waals surface area contributed by atoms with E-state index in [1.165, 1.54) is 0 Å². The Hall–Kier alpha value is -1.17. The molecule has 0 spiro atoms. The van der Waals surface area contributed by atoms with Crippen LogP contribution in [0.2, 0.25) is 0 Å². The summed E-state index contributed by atoms with van der Waals surface area (Å²) in [5, 5.41) is 0. The van der Waals surface area contributed by atoms with Crippen molar-refractivity contribution in [2.24, 2.45) is 0 Å². The van der Waals surface area contributed by atoms with E-state index in [1.807, 2.05) is 12.1 Å². The number of benzene rings is 1. The van der Waals surface area contributed by atoms with Crippen molar-refractivity contribution in [2.45, 2.75) is 5.88 Å². The van der Waals surface area contributed by atoms with Gasteiger partial charge in [-0.15, -0.1) is 11.6 Å². The molecule has 0 unspecified atom stereocenters. The van der Waals surface area contributed by atoms with Gasteiger partial charge >= 0.3 is 0 Å². The van der Waals surface area contributed by atoms with Crippen molar-refractivity contribution in [2.75, 3.05) is 47.8 Å². The highest BCUT2D eigenvalue weighted by atomic mass is 35.5. The second-order valence-electron chi connectivity index (χ2n) is 3.92. The van der Waals surface area contributed by atoms with Gasteiger partial charge in [-0.2, -0.15) is 0 Å². The van der Waals surface area contributed by atoms with Gasteiger partial charge in [-0.05, 0) is 17.7 Å². The molecule has 0 heterocycles. The molecule has 0 aliphatic rings. The van der Waals surface area contributed by atoms with Crippen LogP contribution in [-0.2, 0) is 15.4 Å². The molecule has 1 aromatic rings. The number of methoxy groups -OCH3 is 3. The molecule has 0 saturated carbocycles. The van der Waals surface area contributed by atoms with Crippen LogP contribution in [0.15, 0.2) is 12.1 Å². The summed E-state index contributed by atoms with van der Waals surface area (Å²) < 4.78 is 26.5. The molecule has 0 fully saturated rings. The van der Waals surface area contributed by atoms with Gasteiger partial charge in [0.15, 0.2) is 11.5 Å². The minimum atomic E-state index is 0.382.